The van der Waals surface area contributed by atoms with Crippen LogP contribution in [-0.4, -0.2) is 25.2 Å². The predicted molar refractivity (Wildman–Crippen MR) is 118 cm³/mol. The molecule has 5 nitrogen and oxygen atoms in total. The number of rotatable bonds is 6. The lowest BCUT2D eigenvalue weighted by Gasteiger charge is -2.23. The molecule has 2 N–H and O–H groups in total. The summed E-state index contributed by atoms with van der Waals surface area (Å²) in [5.74, 6) is 1.36. The Balaban J connectivity index is 1.48. The van der Waals surface area contributed by atoms with Crippen molar-refractivity contribution in [1.82, 2.24) is 5.32 Å². The molecule has 0 saturated carbocycles. The van der Waals surface area contributed by atoms with E-state index in [0.29, 0.717) is 19.0 Å². The van der Waals surface area contributed by atoms with Gasteiger partial charge in [0, 0.05) is 18.2 Å². The zero-order valence-electron chi connectivity index (χ0n) is 17.0. The summed E-state index contributed by atoms with van der Waals surface area (Å²) in [4.78, 5) is 13.0. The number of anilines is 1. The fourth-order valence-electron chi connectivity index (χ4n) is 3.49. The van der Waals surface area contributed by atoms with Crippen molar-refractivity contribution in [3.8, 4) is 11.5 Å². The zero-order chi connectivity index (χ0) is 20.8. The maximum Gasteiger partial charge on any atom is 0.242 e. The van der Waals surface area contributed by atoms with E-state index in [-0.39, 0.29) is 11.9 Å². The molecule has 0 spiro atoms. The molecule has 0 saturated heterocycles. The van der Waals surface area contributed by atoms with Crippen molar-refractivity contribution in [3.63, 3.8) is 0 Å². The number of benzene rings is 3. The van der Waals surface area contributed by atoms with Gasteiger partial charge in [0.25, 0.3) is 0 Å². The van der Waals surface area contributed by atoms with Crippen LogP contribution in [0.1, 0.15) is 30.5 Å². The SMILES string of the molecule is CC(Nc1ccc2c(c1)OCCCO2)C(=O)NC(c1ccccc1)c1ccccc1. The molecule has 0 aromatic heterocycles. The van der Waals surface area contributed by atoms with Gasteiger partial charge in [0.15, 0.2) is 11.5 Å². The molecule has 0 aliphatic carbocycles. The second-order valence-electron chi connectivity index (χ2n) is 7.34. The average molecular weight is 402 g/mol. The van der Waals surface area contributed by atoms with Gasteiger partial charge in [0.2, 0.25) is 5.91 Å². The highest BCUT2D eigenvalue weighted by Gasteiger charge is 2.21. The van der Waals surface area contributed by atoms with Gasteiger partial charge in [-0.3, -0.25) is 4.79 Å². The fraction of sp³-hybridized carbons (Fsp3) is 0.240. The summed E-state index contributed by atoms with van der Waals surface area (Å²) in [5, 5.41) is 6.46. The van der Waals surface area contributed by atoms with Gasteiger partial charge in [-0.25, -0.2) is 0 Å². The summed E-state index contributed by atoms with van der Waals surface area (Å²) in [6.45, 7) is 3.13. The van der Waals surface area contributed by atoms with Crippen molar-refractivity contribution < 1.29 is 14.3 Å². The maximum absolute atomic E-state index is 13.0. The van der Waals surface area contributed by atoms with E-state index in [1.54, 1.807) is 0 Å². The molecule has 0 radical (unpaired) electrons. The largest absolute Gasteiger partial charge is 0.490 e. The Morgan fingerprint density at radius 2 is 1.43 bits per heavy atom. The predicted octanol–water partition coefficient (Wildman–Crippen LogP) is 4.55. The molecular formula is C25H26N2O3. The van der Waals surface area contributed by atoms with Crippen LogP contribution in [0.15, 0.2) is 78.9 Å². The van der Waals surface area contributed by atoms with Crippen LogP contribution in [0.25, 0.3) is 0 Å². The molecular weight excluding hydrogens is 376 g/mol. The number of hydrogen-bond acceptors (Lipinski definition) is 4. The summed E-state index contributed by atoms with van der Waals surface area (Å²) in [6.07, 6.45) is 0.858. The van der Waals surface area contributed by atoms with E-state index >= 15 is 0 Å². The molecule has 1 atom stereocenters. The Morgan fingerprint density at radius 1 is 0.833 bits per heavy atom. The molecule has 1 aliphatic heterocycles. The number of carbonyl (C=O) groups is 1. The first-order chi connectivity index (χ1) is 14.7. The summed E-state index contributed by atoms with van der Waals surface area (Å²) in [7, 11) is 0. The molecule has 0 fully saturated rings. The van der Waals surface area contributed by atoms with Gasteiger partial charge in [0.05, 0.1) is 19.3 Å². The molecule has 4 rings (SSSR count). The second-order valence-corrected chi connectivity index (χ2v) is 7.34. The lowest BCUT2D eigenvalue weighted by atomic mass is 9.98. The minimum atomic E-state index is -0.426. The molecule has 0 bridgehead atoms. The van der Waals surface area contributed by atoms with Crippen LogP contribution < -0.4 is 20.1 Å². The van der Waals surface area contributed by atoms with Crippen LogP contribution in [0, 0.1) is 0 Å². The third-order valence-electron chi connectivity index (χ3n) is 5.08. The van der Waals surface area contributed by atoms with E-state index in [4.69, 9.17) is 9.47 Å². The molecule has 1 unspecified atom stereocenters. The first-order valence-corrected chi connectivity index (χ1v) is 10.3. The van der Waals surface area contributed by atoms with E-state index < -0.39 is 6.04 Å². The Hall–Kier alpha value is -3.47. The van der Waals surface area contributed by atoms with Crippen molar-refractivity contribution in [2.45, 2.75) is 25.4 Å². The number of carbonyl (C=O) groups excluding carboxylic acids is 1. The van der Waals surface area contributed by atoms with Crippen LogP contribution in [0.5, 0.6) is 11.5 Å². The van der Waals surface area contributed by atoms with Gasteiger partial charge >= 0.3 is 0 Å². The van der Waals surface area contributed by atoms with Gasteiger partial charge in [-0.05, 0) is 30.2 Å². The standard InChI is InChI=1S/C25H26N2O3/c1-18(26-21-13-14-22-23(17-21)30-16-8-15-29-22)25(28)27-24(19-9-4-2-5-10-19)20-11-6-3-7-12-20/h2-7,9-14,17-18,24,26H,8,15-16H2,1H3,(H,27,28). The van der Waals surface area contributed by atoms with Gasteiger partial charge in [-0.15, -0.1) is 0 Å². The summed E-state index contributed by atoms with van der Waals surface area (Å²) < 4.78 is 11.4. The van der Waals surface area contributed by atoms with Gasteiger partial charge in [-0.1, -0.05) is 60.7 Å². The van der Waals surface area contributed by atoms with Crippen LogP contribution in [-0.2, 0) is 4.79 Å². The third-order valence-corrected chi connectivity index (χ3v) is 5.08. The number of fused-ring (bicyclic) bond motifs is 1. The Morgan fingerprint density at radius 3 is 2.07 bits per heavy atom. The Labute approximate surface area is 177 Å². The van der Waals surface area contributed by atoms with Gasteiger partial charge < -0.3 is 20.1 Å². The summed E-state index contributed by atoms with van der Waals surface area (Å²) in [5.41, 5.74) is 2.90. The van der Waals surface area contributed by atoms with E-state index in [1.807, 2.05) is 85.8 Å². The molecule has 30 heavy (non-hydrogen) atoms. The first kappa shape index (κ1) is 19.8. The molecule has 3 aromatic carbocycles. The minimum absolute atomic E-state index is 0.0835. The second kappa shape index (κ2) is 9.35. The maximum atomic E-state index is 13.0. The number of nitrogens with one attached hydrogen (secondary N) is 2. The van der Waals surface area contributed by atoms with E-state index in [2.05, 4.69) is 10.6 Å². The quantitative estimate of drug-likeness (QED) is 0.635. The zero-order valence-corrected chi connectivity index (χ0v) is 17.0. The fourth-order valence-corrected chi connectivity index (χ4v) is 3.49. The highest BCUT2D eigenvalue weighted by Crippen LogP contribution is 2.32. The van der Waals surface area contributed by atoms with Crippen LogP contribution in [0.3, 0.4) is 0 Å². The van der Waals surface area contributed by atoms with E-state index in [9.17, 15) is 4.79 Å². The summed E-state index contributed by atoms with van der Waals surface area (Å²) >= 11 is 0. The Bertz CT molecular complexity index is 937. The van der Waals surface area contributed by atoms with Crippen molar-refractivity contribution in [2.75, 3.05) is 18.5 Å². The lowest BCUT2D eigenvalue weighted by Crippen LogP contribution is -2.40. The molecule has 5 heteroatoms. The van der Waals surface area contributed by atoms with Crippen molar-refractivity contribution in [3.05, 3.63) is 90.0 Å². The van der Waals surface area contributed by atoms with Crippen LogP contribution >= 0.6 is 0 Å². The normalized spacial score (nSPS) is 13.9. The monoisotopic (exact) mass is 402 g/mol. The van der Waals surface area contributed by atoms with E-state index in [0.717, 1.165) is 29.0 Å². The summed E-state index contributed by atoms with van der Waals surface area (Å²) in [6, 6.07) is 25.0. The van der Waals surface area contributed by atoms with E-state index in [1.165, 1.54) is 0 Å². The highest BCUT2D eigenvalue weighted by atomic mass is 16.5. The van der Waals surface area contributed by atoms with Crippen molar-refractivity contribution >= 4 is 11.6 Å². The smallest absolute Gasteiger partial charge is 0.242 e. The molecule has 154 valence electrons. The van der Waals surface area contributed by atoms with Crippen LogP contribution in [0.4, 0.5) is 5.69 Å². The molecule has 1 aliphatic rings. The third kappa shape index (κ3) is 4.74. The Kier molecular flexibility index (Phi) is 6.18. The molecule has 1 amide bonds. The number of ether oxygens (including phenoxy) is 2. The average Bonchev–Trinajstić information content (AvgIpc) is 3.03. The van der Waals surface area contributed by atoms with Crippen molar-refractivity contribution in [1.29, 1.82) is 0 Å². The molecule has 1 heterocycles. The number of hydrogen-bond donors (Lipinski definition) is 2. The first-order valence-electron chi connectivity index (χ1n) is 10.3. The minimum Gasteiger partial charge on any atom is -0.490 e. The number of amides is 1. The lowest BCUT2D eigenvalue weighted by molar-refractivity contribution is -0.122. The van der Waals surface area contributed by atoms with Crippen molar-refractivity contribution in [2.24, 2.45) is 0 Å². The van der Waals surface area contributed by atoms with Gasteiger partial charge in [0.1, 0.15) is 6.04 Å². The topological polar surface area (TPSA) is 59.6 Å². The van der Waals surface area contributed by atoms with Crippen LogP contribution in [0.2, 0.25) is 0 Å². The van der Waals surface area contributed by atoms with Gasteiger partial charge in [-0.2, -0.15) is 0 Å². The highest BCUT2D eigenvalue weighted by molar-refractivity contribution is 5.85. The molecule has 3 aromatic rings.